The number of hydrogen-bond donors (Lipinski definition) is 0. The zero-order chi connectivity index (χ0) is 11.4. The van der Waals surface area contributed by atoms with Gasteiger partial charge in [0.25, 0.3) is 0 Å². The molecule has 1 aromatic carbocycles. The van der Waals surface area contributed by atoms with Crippen LogP contribution in [0.4, 0.5) is 0 Å². The predicted octanol–water partition coefficient (Wildman–Crippen LogP) is 3.27. The molecule has 2 rings (SSSR count). The molecule has 0 amide bonds. The Morgan fingerprint density at radius 2 is 2.00 bits per heavy atom. The van der Waals surface area contributed by atoms with E-state index < -0.39 is 0 Å². The molecule has 0 saturated heterocycles. The minimum Gasteiger partial charge on any atom is -0.297 e. The van der Waals surface area contributed by atoms with Gasteiger partial charge in [-0.3, -0.25) is 4.90 Å². The molecule has 0 aliphatic carbocycles. The van der Waals surface area contributed by atoms with Crippen molar-refractivity contribution in [3.63, 3.8) is 0 Å². The first-order valence-corrected chi connectivity index (χ1v) is 6.21. The topological polar surface area (TPSA) is 3.24 Å². The summed E-state index contributed by atoms with van der Waals surface area (Å²) in [5, 5.41) is 0. The summed E-state index contributed by atoms with van der Waals surface area (Å²) in [6.07, 6.45) is 4.80. The fourth-order valence-corrected chi connectivity index (χ4v) is 2.36. The summed E-state index contributed by atoms with van der Waals surface area (Å²) in [5.41, 5.74) is 2.99. The Hall–Kier alpha value is -1.08. The van der Waals surface area contributed by atoms with Crippen molar-refractivity contribution < 1.29 is 0 Å². The Morgan fingerprint density at radius 3 is 2.69 bits per heavy atom. The highest BCUT2D eigenvalue weighted by molar-refractivity contribution is 5.15. The van der Waals surface area contributed by atoms with Crippen LogP contribution >= 0.6 is 0 Å². The quantitative estimate of drug-likeness (QED) is 0.699. The Morgan fingerprint density at radius 1 is 1.25 bits per heavy atom. The van der Waals surface area contributed by atoms with E-state index >= 15 is 0 Å². The molecule has 1 aromatic rings. The molecular formula is C15H21N. The van der Waals surface area contributed by atoms with Crippen LogP contribution < -0.4 is 0 Å². The largest absolute Gasteiger partial charge is 0.297 e. The van der Waals surface area contributed by atoms with E-state index in [0.717, 1.165) is 6.42 Å². The zero-order valence-electron chi connectivity index (χ0n) is 10.3. The van der Waals surface area contributed by atoms with Gasteiger partial charge in [0.05, 0.1) is 0 Å². The van der Waals surface area contributed by atoms with Crippen LogP contribution in [0.2, 0.25) is 0 Å². The lowest BCUT2D eigenvalue weighted by atomic mass is 10.0. The average Bonchev–Trinajstić information content (AvgIpc) is 2.29. The molecule has 1 aliphatic rings. The second-order valence-electron chi connectivity index (χ2n) is 4.78. The lowest BCUT2D eigenvalue weighted by molar-refractivity contribution is 0.234. The van der Waals surface area contributed by atoms with Crippen LogP contribution in [0.15, 0.2) is 42.0 Å². The minimum atomic E-state index is 0.609. The lowest BCUT2D eigenvalue weighted by Gasteiger charge is -2.31. The third kappa shape index (κ3) is 2.96. The van der Waals surface area contributed by atoms with Gasteiger partial charge in [-0.05, 0) is 32.3 Å². The number of nitrogens with zero attached hydrogens (tertiary/aromatic N) is 1. The third-order valence-corrected chi connectivity index (χ3v) is 3.43. The van der Waals surface area contributed by atoms with Crippen LogP contribution in [-0.2, 0) is 6.42 Å². The van der Waals surface area contributed by atoms with Gasteiger partial charge in [0.2, 0.25) is 0 Å². The van der Waals surface area contributed by atoms with E-state index in [0.29, 0.717) is 6.04 Å². The van der Waals surface area contributed by atoms with Crippen molar-refractivity contribution in [2.24, 2.45) is 0 Å². The molecule has 1 aliphatic heterocycles. The normalized spacial score (nSPS) is 21.9. The molecule has 1 heterocycles. The van der Waals surface area contributed by atoms with Gasteiger partial charge in [0.15, 0.2) is 0 Å². The van der Waals surface area contributed by atoms with Gasteiger partial charge >= 0.3 is 0 Å². The van der Waals surface area contributed by atoms with Gasteiger partial charge in [0.1, 0.15) is 0 Å². The third-order valence-electron chi connectivity index (χ3n) is 3.43. The van der Waals surface area contributed by atoms with Crippen LogP contribution in [0, 0.1) is 0 Å². The van der Waals surface area contributed by atoms with Gasteiger partial charge in [-0.2, -0.15) is 0 Å². The Bertz CT molecular complexity index is 353. The highest BCUT2D eigenvalue weighted by Crippen LogP contribution is 2.16. The maximum absolute atomic E-state index is 2.57. The van der Waals surface area contributed by atoms with Crippen LogP contribution in [0.1, 0.15) is 25.8 Å². The summed E-state index contributed by atoms with van der Waals surface area (Å²) in [5.74, 6) is 0. The van der Waals surface area contributed by atoms with E-state index in [4.69, 9.17) is 0 Å². The second kappa shape index (κ2) is 5.31. The van der Waals surface area contributed by atoms with Gasteiger partial charge in [0, 0.05) is 19.1 Å². The first-order chi connectivity index (χ1) is 7.75. The van der Waals surface area contributed by atoms with Gasteiger partial charge in [-0.15, -0.1) is 0 Å². The highest BCUT2D eigenvalue weighted by atomic mass is 15.1. The monoisotopic (exact) mass is 215 g/mol. The maximum atomic E-state index is 2.57. The Balaban J connectivity index is 1.87. The molecule has 16 heavy (non-hydrogen) atoms. The molecule has 0 radical (unpaired) electrons. The Kier molecular flexibility index (Phi) is 3.79. The molecule has 0 N–H and O–H groups in total. The van der Waals surface area contributed by atoms with Gasteiger partial charge in [-0.1, -0.05) is 42.0 Å². The maximum Gasteiger partial charge on any atom is 0.0252 e. The summed E-state index contributed by atoms with van der Waals surface area (Å²) in [7, 11) is 0. The van der Waals surface area contributed by atoms with E-state index in [1.54, 1.807) is 5.57 Å². The van der Waals surface area contributed by atoms with E-state index in [1.165, 1.54) is 25.1 Å². The van der Waals surface area contributed by atoms with Crippen molar-refractivity contribution in [1.29, 1.82) is 0 Å². The average molecular weight is 215 g/mol. The first kappa shape index (κ1) is 11.4. The lowest BCUT2D eigenvalue weighted by Crippen LogP contribution is -2.37. The SMILES string of the molecule is CC1=CC(C)N(CCc2ccccc2)CC1. The van der Waals surface area contributed by atoms with Crippen molar-refractivity contribution in [1.82, 2.24) is 4.90 Å². The molecule has 0 spiro atoms. The Labute approximate surface area is 98.8 Å². The molecule has 1 nitrogen and oxygen atoms in total. The molecule has 0 saturated carbocycles. The standard InChI is InChI=1S/C15H21N/c1-13-8-10-16(14(2)12-13)11-9-15-6-4-3-5-7-15/h3-7,12,14H,8-11H2,1-2H3. The fourth-order valence-electron chi connectivity index (χ4n) is 2.36. The summed E-state index contributed by atoms with van der Waals surface area (Å²) >= 11 is 0. The van der Waals surface area contributed by atoms with Crippen molar-refractivity contribution in [3.05, 3.63) is 47.5 Å². The van der Waals surface area contributed by atoms with Crippen molar-refractivity contribution in [3.8, 4) is 0 Å². The highest BCUT2D eigenvalue weighted by Gasteiger charge is 2.15. The molecule has 0 aromatic heterocycles. The molecule has 1 heteroatoms. The number of hydrogen-bond acceptors (Lipinski definition) is 1. The number of rotatable bonds is 3. The van der Waals surface area contributed by atoms with Crippen molar-refractivity contribution >= 4 is 0 Å². The van der Waals surface area contributed by atoms with Crippen LogP contribution in [0.5, 0.6) is 0 Å². The smallest absolute Gasteiger partial charge is 0.0252 e. The van der Waals surface area contributed by atoms with E-state index in [-0.39, 0.29) is 0 Å². The first-order valence-electron chi connectivity index (χ1n) is 6.21. The van der Waals surface area contributed by atoms with Gasteiger partial charge in [-0.25, -0.2) is 0 Å². The van der Waals surface area contributed by atoms with Crippen LogP contribution in [0.3, 0.4) is 0 Å². The predicted molar refractivity (Wildman–Crippen MR) is 69.6 cm³/mol. The molecule has 0 fully saturated rings. The molecule has 0 bridgehead atoms. The van der Waals surface area contributed by atoms with E-state index in [9.17, 15) is 0 Å². The molecular weight excluding hydrogens is 194 g/mol. The van der Waals surface area contributed by atoms with Crippen LogP contribution in [0.25, 0.3) is 0 Å². The van der Waals surface area contributed by atoms with Crippen LogP contribution in [-0.4, -0.2) is 24.0 Å². The van der Waals surface area contributed by atoms with E-state index in [1.807, 2.05) is 0 Å². The molecule has 1 atom stereocenters. The van der Waals surface area contributed by atoms with Crippen molar-refractivity contribution in [2.45, 2.75) is 32.7 Å². The summed E-state index contributed by atoms with van der Waals surface area (Å²) in [6, 6.07) is 11.4. The summed E-state index contributed by atoms with van der Waals surface area (Å²) in [6.45, 7) is 6.93. The summed E-state index contributed by atoms with van der Waals surface area (Å²) in [4.78, 5) is 2.57. The zero-order valence-corrected chi connectivity index (χ0v) is 10.3. The molecule has 1 unspecified atom stereocenters. The van der Waals surface area contributed by atoms with E-state index in [2.05, 4.69) is 55.2 Å². The molecule has 86 valence electrons. The summed E-state index contributed by atoms with van der Waals surface area (Å²) < 4.78 is 0. The second-order valence-corrected chi connectivity index (χ2v) is 4.78. The fraction of sp³-hybridized carbons (Fsp3) is 0.467. The van der Waals surface area contributed by atoms with Gasteiger partial charge < -0.3 is 0 Å². The number of benzene rings is 1. The minimum absolute atomic E-state index is 0.609. The van der Waals surface area contributed by atoms with Crippen molar-refractivity contribution in [2.75, 3.05) is 13.1 Å².